The molecular weight excluding hydrogens is 122 g/mol. The molecule has 1 aliphatic rings. The SMILES string of the molecule is C1=C[NH][Ga]=[N]1. The van der Waals surface area contributed by atoms with Gasteiger partial charge in [0.05, 0.1) is 0 Å². The number of nitrogens with zero attached hydrogens (tertiary/aromatic N) is 1. The first-order chi connectivity index (χ1) is 2.50. The predicted octanol–water partition coefficient (Wildman–Crippen LogP) is -0.136. The maximum absolute atomic E-state index is 3.95. The first-order valence-corrected chi connectivity index (χ1v) is 3.72. The molecule has 0 spiro atoms. The van der Waals surface area contributed by atoms with Crippen LogP contribution >= 0.6 is 0 Å². The molecule has 1 N–H and O–H groups in total. The molecule has 24 valence electrons. The fourth-order valence-electron chi connectivity index (χ4n) is 0.215. The van der Waals surface area contributed by atoms with Crippen LogP contribution < -0.4 is 4.02 Å². The van der Waals surface area contributed by atoms with Gasteiger partial charge in [0.2, 0.25) is 0 Å². The molecule has 5 heavy (non-hydrogen) atoms. The molecule has 0 saturated heterocycles. The fourth-order valence-corrected chi connectivity index (χ4v) is 1.12. The Morgan fingerprint density at radius 2 is 2.80 bits per heavy atom. The van der Waals surface area contributed by atoms with Gasteiger partial charge >= 0.3 is 37.5 Å². The second-order valence-electron chi connectivity index (χ2n) is 0.761. The predicted molar refractivity (Wildman–Crippen MR) is 20.5 cm³/mol. The third-order valence-electron chi connectivity index (χ3n) is 0.406. The van der Waals surface area contributed by atoms with Crippen LogP contribution in [0, 0.1) is 0 Å². The van der Waals surface area contributed by atoms with Crippen LogP contribution in [-0.4, -0.2) is 17.5 Å². The summed E-state index contributed by atoms with van der Waals surface area (Å²) in [7, 11) is 0. The average molecular weight is 125 g/mol. The van der Waals surface area contributed by atoms with Crippen molar-refractivity contribution in [2.75, 3.05) is 0 Å². The first kappa shape index (κ1) is 3.18. The van der Waals surface area contributed by atoms with Gasteiger partial charge in [-0.1, -0.05) is 0 Å². The van der Waals surface area contributed by atoms with Gasteiger partial charge in [-0.2, -0.15) is 0 Å². The molecule has 0 bridgehead atoms. The summed E-state index contributed by atoms with van der Waals surface area (Å²) in [5.41, 5.74) is 0. The van der Waals surface area contributed by atoms with E-state index in [0.29, 0.717) is 0 Å². The Morgan fingerprint density at radius 3 is 3.00 bits per heavy atom. The van der Waals surface area contributed by atoms with Gasteiger partial charge in [-0.15, -0.1) is 0 Å². The second kappa shape index (κ2) is 1.42. The molecule has 3 heteroatoms. The quantitative estimate of drug-likeness (QED) is 0.447. The van der Waals surface area contributed by atoms with Crippen LogP contribution in [0.1, 0.15) is 0 Å². The summed E-state index contributed by atoms with van der Waals surface area (Å²) in [4.78, 5) is 0. The van der Waals surface area contributed by atoms with Crippen molar-refractivity contribution < 1.29 is 0 Å². The molecule has 0 atom stereocenters. The van der Waals surface area contributed by atoms with E-state index in [1.807, 2.05) is 12.4 Å². The van der Waals surface area contributed by atoms with E-state index in [1.54, 1.807) is 0 Å². The van der Waals surface area contributed by atoms with E-state index >= 15 is 0 Å². The first-order valence-electron chi connectivity index (χ1n) is 1.43. The van der Waals surface area contributed by atoms with Crippen molar-refractivity contribution in [3.8, 4) is 0 Å². The maximum atomic E-state index is 3.95. The molecule has 1 aliphatic heterocycles. The van der Waals surface area contributed by atoms with E-state index in [0.717, 1.165) is 0 Å². The Bertz CT molecular complexity index is 65.7. The molecule has 1 rings (SSSR count). The van der Waals surface area contributed by atoms with Crippen molar-refractivity contribution >= 4 is 17.5 Å². The summed E-state index contributed by atoms with van der Waals surface area (Å²) < 4.78 is 6.98. The van der Waals surface area contributed by atoms with Crippen molar-refractivity contribution in [1.82, 2.24) is 4.02 Å². The Balaban J connectivity index is 2.61. The average Bonchev–Trinajstić information content (AvgIpc) is 1.76. The van der Waals surface area contributed by atoms with Crippen LogP contribution in [0.3, 0.4) is 0 Å². The van der Waals surface area contributed by atoms with Crippen molar-refractivity contribution in [3.63, 3.8) is 0 Å². The van der Waals surface area contributed by atoms with Gasteiger partial charge in [-0.05, 0) is 0 Å². The molecule has 0 aromatic heterocycles. The zero-order valence-corrected chi connectivity index (χ0v) is 5.10. The van der Waals surface area contributed by atoms with E-state index in [-0.39, 0.29) is 17.5 Å². The van der Waals surface area contributed by atoms with Gasteiger partial charge in [0, 0.05) is 0 Å². The molecule has 0 amide bonds. The van der Waals surface area contributed by atoms with Gasteiger partial charge in [-0.25, -0.2) is 0 Å². The molecule has 2 nitrogen and oxygen atoms in total. The Hall–Kier alpha value is -0.0236. The normalized spacial score (nSPS) is 14.4. The summed E-state index contributed by atoms with van der Waals surface area (Å²) in [6, 6.07) is 0. The number of hydrogen-bond donors (Lipinski definition) is 1. The minimum absolute atomic E-state index is 0.312. The monoisotopic (exact) mass is 124 g/mol. The zero-order valence-electron chi connectivity index (χ0n) is 2.68. The number of rotatable bonds is 0. The number of nitrogens with one attached hydrogen (secondary N) is 1. The minimum atomic E-state index is -0.312. The van der Waals surface area contributed by atoms with Crippen LogP contribution in [0.4, 0.5) is 0 Å². The van der Waals surface area contributed by atoms with Gasteiger partial charge in [0.15, 0.2) is 0 Å². The van der Waals surface area contributed by atoms with Crippen molar-refractivity contribution in [1.29, 1.82) is 0 Å². The van der Waals surface area contributed by atoms with Crippen molar-refractivity contribution in [2.24, 2.45) is 3.65 Å². The van der Waals surface area contributed by atoms with Crippen LogP contribution in [0.5, 0.6) is 0 Å². The Labute approximate surface area is 38.1 Å². The molecule has 1 heterocycles. The third-order valence-corrected chi connectivity index (χ3v) is 1.80. The van der Waals surface area contributed by atoms with E-state index in [2.05, 4.69) is 7.67 Å². The van der Waals surface area contributed by atoms with Gasteiger partial charge < -0.3 is 0 Å². The summed E-state index contributed by atoms with van der Waals surface area (Å²) in [6.07, 6.45) is 3.71. The Kier molecular flexibility index (Phi) is 0.904. The van der Waals surface area contributed by atoms with Crippen LogP contribution in [0.25, 0.3) is 0 Å². The third kappa shape index (κ3) is 0.627. The van der Waals surface area contributed by atoms with Gasteiger partial charge in [-0.3, -0.25) is 0 Å². The fraction of sp³-hybridized carbons (Fsp3) is 0. The van der Waals surface area contributed by atoms with Crippen LogP contribution in [0.2, 0.25) is 0 Å². The Morgan fingerprint density at radius 1 is 1.80 bits per heavy atom. The van der Waals surface area contributed by atoms with E-state index in [4.69, 9.17) is 0 Å². The molecule has 0 unspecified atom stereocenters. The second-order valence-corrected chi connectivity index (χ2v) is 2.63. The molecule has 0 radical (unpaired) electrons. The van der Waals surface area contributed by atoms with Crippen molar-refractivity contribution in [2.45, 2.75) is 0 Å². The number of hydrogen-bond acceptors (Lipinski definition) is 2. The molecule has 0 aliphatic carbocycles. The van der Waals surface area contributed by atoms with Crippen LogP contribution in [-0.2, 0) is 0 Å². The molecular formula is C2H3GaN2. The van der Waals surface area contributed by atoms with Crippen molar-refractivity contribution in [3.05, 3.63) is 12.4 Å². The zero-order chi connectivity index (χ0) is 3.54. The summed E-state index contributed by atoms with van der Waals surface area (Å²) in [6.45, 7) is 0. The standard InChI is InChI=1S/C2H3N2.Ga/c3-1-2-4;/h1-3H;/q-1;+1. The summed E-state index contributed by atoms with van der Waals surface area (Å²) >= 11 is -0.312. The molecule has 0 aromatic rings. The van der Waals surface area contributed by atoms with Crippen LogP contribution in [0.15, 0.2) is 16.0 Å². The molecule has 0 fully saturated rings. The molecule has 0 saturated carbocycles. The van der Waals surface area contributed by atoms with E-state index in [9.17, 15) is 0 Å². The van der Waals surface area contributed by atoms with Gasteiger partial charge in [0.1, 0.15) is 0 Å². The topological polar surface area (TPSA) is 24.4 Å². The van der Waals surface area contributed by atoms with E-state index < -0.39 is 0 Å². The molecule has 0 aromatic carbocycles. The van der Waals surface area contributed by atoms with Gasteiger partial charge in [0.25, 0.3) is 0 Å². The summed E-state index contributed by atoms with van der Waals surface area (Å²) in [5.74, 6) is 0. The van der Waals surface area contributed by atoms with E-state index in [1.165, 1.54) is 0 Å². The summed E-state index contributed by atoms with van der Waals surface area (Å²) in [5, 5.41) is 0.